The zero-order chi connectivity index (χ0) is 14.8. The fraction of sp³-hybridized carbons (Fsp3) is 0.467. The smallest absolute Gasteiger partial charge is 0.306 e. The summed E-state index contributed by atoms with van der Waals surface area (Å²) < 4.78 is 10.5. The number of amides is 1. The Kier molecular flexibility index (Phi) is 3.68. The van der Waals surface area contributed by atoms with Crippen LogP contribution in [-0.4, -0.2) is 23.8 Å². The van der Waals surface area contributed by atoms with Crippen molar-refractivity contribution in [3.8, 4) is 11.5 Å². The summed E-state index contributed by atoms with van der Waals surface area (Å²) in [6.45, 7) is 0.632. The minimum atomic E-state index is -0.805. The molecule has 2 aliphatic rings. The van der Waals surface area contributed by atoms with Gasteiger partial charge in [-0.15, -0.1) is 0 Å². The van der Waals surface area contributed by atoms with Crippen molar-refractivity contribution in [3.63, 3.8) is 0 Å². The van der Waals surface area contributed by atoms with E-state index >= 15 is 0 Å². The summed E-state index contributed by atoms with van der Waals surface area (Å²) in [5, 5.41) is 11.8. The summed E-state index contributed by atoms with van der Waals surface area (Å²) in [6.07, 6.45) is 1.66. The fourth-order valence-electron chi connectivity index (χ4n) is 2.83. The maximum atomic E-state index is 12.1. The Morgan fingerprint density at radius 2 is 1.95 bits per heavy atom. The quantitative estimate of drug-likeness (QED) is 0.879. The molecule has 0 saturated heterocycles. The van der Waals surface area contributed by atoms with Crippen LogP contribution in [0.25, 0.3) is 0 Å². The van der Waals surface area contributed by atoms with Gasteiger partial charge in [0.05, 0.1) is 5.92 Å². The molecule has 1 saturated carbocycles. The molecule has 2 atom stereocenters. The average molecular weight is 291 g/mol. The summed E-state index contributed by atoms with van der Waals surface area (Å²) >= 11 is 0. The number of carboxylic acid groups (broad SMARTS) is 1. The zero-order valence-corrected chi connectivity index (χ0v) is 11.5. The minimum Gasteiger partial charge on any atom is -0.481 e. The molecule has 6 nitrogen and oxygen atoms in total. The van der Waals surface area contributed by atoms with Gasteiger partial charge in [-0.3, -0.25) is 9.59 Å². The normalized spacial score (nSPS) is 23.0. The summed E-state index contributed by atoms with van der Waals surface area (Å²) in [5.74, 6) is -0.0531. The van der Waals surface area contributed by atoms with Crippen LogP contribution in [-0.2, 0) is 16.1 Å². The molecular formula is C15H17NO5. The van der Waals surface area contributed by atoms with E-state index in [1.165, 1.54) is 0 Å². The van der Waals surface area contributed by atoms with E-state index in [0.29, 0.717) is 37.3 Å². The first-order valence-electron chi connectivity index (χ1n) is 7.02. The van der Waals surface area contributed by atoms with Crippen molar-refractivity contribution in [2.24, 2.45) is 11.8 Å². The number of benzene rings is 1. The van der Waals surface area contributed by atoms with Gasteiger partial charge in [0.25, 0.3) is 0 Å². The molecule has 0 radical (unpaired) electrons. The number of hydrogen-bond donors (Lipinski definition) is 2. The third kappa shape index (κ3) is 2.94. The Morgan fingerprint density at radius 1 is 1.19 bits per heavy atom. The van der Waals surface area contributed by atoms with E-state index in [4.69, 9.17) is 14.6 Å². The van der Waals surface area contributed by atoms with Crippen LogP contribution >= 0.6 is 0 Å². The molecule has 0 unspecified atom stereocenters. The second-order valence-electron chi connectivity index (χ2n) is 5.45. The zero-order valence-electron chi connectivity index (χ0n) is 11.5. The van der Waals surface area contributed by atoms with E-state index in [1.807, 2.05) is 18.2 Å². The maximum absolute atomic E-state index is 12.1. The fourth-order valence-corrected chi connectivity index (χ4v) is 2.83. The molecule has 1 fully saturated rings. The van der Waals surface area contributed by atoms with E-state index < -0.39 is 5.97 Å². The number of fused-ring (bicyclic) bond motifs is 1. The van der Waals surface area contributed by atoms with Gasteiger partial charge in [-0.2, -0.15) is 0 Å². The second-order valence-corrected chi connectivity index (χ2v) is 5.45. The molecule has 2 N–H and O–H groups in total. The highest BCUT2D eigenvalue weighted by atomic mass is 16.7. The number of carbonyl (C=O) groups is 2. The van der Waals surface area contributed by atoms with Gasteiger partial charge in [0.2, 0.25) is 12.7 Å². The Morgan fingerprint density at radius 3 is 2.71 bits per heavy atom. The van der Waals surface area contributed by atoms with Crippen LogP contribution < -0.4 is 14.8 Å². The summed E-state index contributed by atoms with van der Waals surface area (Å²) in [6, 6.07) is 5.54. The predicted molar refractivity (Wildman–Crippen MR) is 72.9 cm³/mol. The molecular weight excluding hydrogens is 274 g/mol. The topological polar surface area (TPSA) is 84.9 Å². The molecule has 1 amide bonds. The van der Waals surface area contributed by atoms with E-state index in [0.717, 1.165) is 5.56 Å². The van der Waals surface area contributed by atoms with E-state index in [-0.39, 0.29) is 24.5 Å². The Hall–Kier alpha value is -2.24. The van der Waals surface area contributed by atoms with Gasteiger partial charge in [-0.05, 0) is 37.0 Å². The van der Waals surface area contributed by atoms with Crippen LogP contribution in [0.5, 0.6) is 11.5 Å². The number of ether oxygens (including phenoxy) is 2. The third-order valence-electron chi connectivity index (χ3n) is 4.06. The summed E-state index contributed by atoms with van der Waals surface area (Å²) in [5.41, 5.74) is 0.931. The number of carboxylic acids is 1. The molecule has 3 rings (SSSR count). The minimum absolute atomic E-state index is 0.0728. The van der Waals surface area contributed by atoms with Crippen LogP contribution in [0.15, 0.2) is 18.2 Å². The van der Waals surface area contributed by atoms with Crippen LogP contribution in [0.2, 0.25) is 0 Å². The molecule has 21 heavy (non-hydrogen) atoms. The number of aliphatic carboxylic acids is 1. The van der Waals surface area contributed by atoms with Gasteiger partial charge in [0, 0.05) is 12.5 Å². The molecule has 1 aliphatic heterocycles. The number of carbonyl (C=O) groups excluding carboxylic acids is 1. The van der Waals surface area contributed by atoms with Crippen molar-refractivity contribution in [1.82, 2.24) is 5.32 Å². The highest BCUT2D eigenvalue weighted by Gasteiger charge is 2.33. The van der Waals surface area contributed by atoms with Crippen LogP contribution in [0.1, 0.15) is 24.8 Å². The molecule has 6 heteroatoms. The van der Waals surface area contributed by atoms with Gasteiger partial charge >= 0.3 is 5.97 Å². The maximum Gasteiger partial charge on any atom is 0.306 e. The molecule has 1 heterocycles. The Balaban J connectivity index is 1.53. The van der Waals surface area contributed by atoms with Crippen LogP contribution in [0, 0.1) is 11.8 Å². The van der Waals surface area contributed by atoms with Gasteiger partial charge in [-0.25, -0.2) is 0 Å². The van der Waals surface area contributed by atoms with Crippen LogP contribution in [0.3, 0.4) is 0 Å². The van der Waals surface area contributed by atoms with Gasteiger partial charge in [0.1, 0.15) is 0 Å². The van der Waals surface area contributed by atoms with Crippen molar-refractivity contribution in [1.29, 1.82) is 0 Å². The molecule has 1 aliphatic carbocycles. The second kappa shape index (κ2) is 5.63. The standard InChI is InChI=1S/C15H17NO5/c17-14(10-2-3-11(6-10)15(18)19)16-7-9-1-4-12-13(5-9)21-8-20-12/h1,4-5,10-11H,2-3,6-8H2,(H,16,17)(H,18,19)/t10-,11+/m0/s1. The lowest BCUT2D eigenvalue weighted by Crippen LogP contribution is -2.29. The largest absolute Gasteiger partial charge is 0.481 e. The first kappa shape index (κ1) is 13.7. The van der Waals surface area contributed by atoms with Crippen molar-refractivity contribution >= 4 is 11.9 Å². The molecule has 0 aromatic heterocycles. The molecule has 1 aromatic rings. The third-order valence-corrected chi connectivity index (χ3v) is 4.06. The van der Waals surface area contributed by atoms with Gasteiger partial charge < -0.3 is 19.9 Å². The average Bonchev–Trinajstić information content (AvgIpc) is 3.12. The Labute approximate surface area is 122 Å². The van der Waals surface area contributed by atoms with E-state index in [1.54, 1.807) is 0 Å². The molecule has 0 spiro atoms. The highest BCUT2D eigenvalue weighted by molar-refractivity contribution is 5.80. The number of rotatable bonds is 4. The Bertz CT molecular complexity index is 571. The monoisotopic (exact) mass is 291 g/mol. The predicted octanol–water partition coefficient (Wildman–Crippen LogP) is 1.53. The number of hydrogen-bond acceptors (Lipinski definition) is 4. The van der Waals surface area contributed by atoms with Gasteiger partial charge in [0.15, 0.2) is 11.5 Å². The summed E-state index contributed by atoms with van der Waals surface area (Å²) in [4.78, 5) is 23.0. The lowest BCUT2D eigenvalue weighted by Gasteiger charge is -2.11. The van der Waals surface area contributed by atoms with Crippen molar-refractivity contribution in [3.05, 3.63) is 23.8 Å². The molecule has 112 valence electrons. The lowest BCUT2D eigenvalue weighted by atomic mass is 10.0. The van der Waals surface area contributed by atoms with Crippen molar-refractivity contribution in [2.45, 2.75) is 25.8 Å². The van der Waals surface area contributed by atoms with Crippen molar-refractivity contribution < 1.29 is 24.2 Å². The SMILES string of the molecule is O=C(O)[C@@H]1CC[C@H](C(=O)NCc2ccc3c(c2)OCO3)C1. The molecule has 0 bridgehead atoms. The first-order valence-corrected chi connectivity index (χ1v) is 7.02. The molecule has 1 aromatic carbocycles. The van der Waals surface area contributed by atoms with E-state index in [9.17, 15) is 9.59 Å². The highest BCUT2D eigenvalue weighted by Crippen LogP contribution is 2.33. The van der Waals surface area contributed by atoms with Crippen LogP contribution in [0.4, 0.5) is 0 Å². The van der Waals surface area contributed by atoms with E-state index in [2.05, 4.69) is 5.32 Å². The van der Waals surface area contributed by atoms with Crippen molar-refractivity contribution in [2.75, 3.05) is 6.79 Å². The first-order chi connectivity index (χ1) is 10.1. The summed E-state index contributed by atoms with van der Waals surface area (Å²) in [7, 11) is 0. The number of nitrogens with one attached hydrogen (secondary N) is 1. The lowest BCUT2D eigenvalue weighted by molar-refractivity contribution is -0.141. The van der Waals surface area contributed by atoms with Gasteiger partial charge in [-0.1, -0.05) is 6.07 Å².